The van der Waals surface area contributed by atoms with Gasteiger partial charge in [-0.05, 0) is 6.92 Å². The molecule has 88 valence electrons. The van der Waals surface area contributed by atoms with Crippen LogP contribution >= 0.6 is 0 Å². The highest BCUT2D eigenvalue weighted by Crippen LogP contribution is 1.92. The second kappa shape index (κ2) is 6.74. The van der Waals surface area contributed by atoms with Crippen molar-refractivity contribution in [3.63, 3.8) is 0 Å². The third-order valence-electron chi connectivity index (χ3n) is 1.43. The number of rotatable bonds is 5. The monoisotopic (exact) mass is 221 g/mol. The van der Waals surface area contributed by atoms with E-state index in [1.807, 2.05) is 0 Å². The van der Waals surface area contributed by atoms with E-state index < -0.39 is 36.3 Å². The van der Waals surface area contributed by atoms with Crippen molar-refractivity contribution in [1.82, 2.24) is 5.32 Å². The number of aliphatic carboxylic acids is 1. The molecule has 0 aromatic heterocycles. The van der Waals surface area contributed by atoms with Gasteiger partial charge in [0.25, 0.3) is 0 Å². The zero-order valence-electron chi connectivity index (χ0n) is 8.19. The molecule has 8 heteroatoms. The molecule has 0 rings (SSSR count). The normalized spacial score (nSPS) is 13.2. The Morgan fingerprint density at radius 3 is 2.13 bits per heavy atom. The molecule has 15 heavy (non-hydrogen) atoms. The number of hydrogen-bond donors (Lipinski definition) is 4. The van der Waals surface area contributed by atoms with Crippen molar-refractivity contribution in [2.24, 2.45) is 11.5 Å². The SMILES string of the molecule is C[C@H](N)C(=O)N[C@@H](CC(N)=O)C(=O)O.O. The lowest BCUT2D eigenvalue weighted by Gasteiger charge is -2.14. The summed E-state index contributed by atoms with van der Waals surface area (Å²) in [5.74, 6) is -2.76. The Hall–Kier alpha value is -1.67. The van der Waals surface area contributed by atoms with Crippen molar-refractivity contribution in [3.8, 4) is 0 Å². The second-order valence-electron chi connectivity index (χ2n) is 2.86. The first-order chi connectivity index (χ1) is 6.34. The first-order valence-electron chi connectivity index (χ1n) is 3.91. The van der Waals surface area contributed by atoms with E-state index in [0.29, 0.717) is 0 Å². The highest BCUT2D eigenvalue weighted by molar-refractivity contribution is 5.89. The number of carbonyl (C=O) groups excluding carboxylic acids is 2. The van der Waals surface area contributed by atoms with Crippen LogP contribution in [0.15, 0.2) is 0 Å². The van der Waals surface area contributed by atoms with Gasteiger partial charge in [0.1, 0.15) is 6.04 Å². The fourth-order valence-electron chi connectivity index (χ4n) is 0.704. The summed E-state index contributed by atoms with van der Waals surface area (Å²) in [7, 11) is 0. The molecular weight excluding hydrogens is 206 g/mol. The number of carboxylic acids is 1. The predicted molar refractivity (Wildman–Crippen MR) is 50.6 cm³/mol. The molecule has 0 unspecified atom stereocenters. The van der Waals surface area contributed by atoms with Gasteiger partial charge in [-0.25, -0.2) is 4.79 Å². The van der Waals surface area contributed by atoms with E-state index in [-0.39, 0.29) is 5.48 Å². The molecule has 0 fully saturated rings. The minimum absolute atomic E-state index is 0. The summed E-state index contributed by atoms with van der Waals surface area (Å²) in [6.07, 6.45) is -0.451. The summed E-state index contributed by atoms with van der Waals surface area (Å²) >= 11 is 0. The molecule has 0 aromatic rings. The largest absolute Gasteiger partial charge is 0.480 e. The maximum atomic E-state index is 11.0. The van der Waals surface area contributed by atoms with Gasteiger partial charge in [-0.1, -0.05) is 0 Å². The van der Waals surface area contributed by atoms with Gasteiger partial charge >= 0.3 is 5.97 Å². The van der Waals surface area contributed by atoms with Crippen LogP contribution in [0.2, 0.25) is 0 Å². The van der Waals surface area contributed by atoms with Gasteiger partial charge in [-0.2, -0.15) is 0 Å². The molecular formula is C7H15N3O5. The maximum absolute atomic E-state index is 11.0. The van der Waals surface area contributed by atoms with Crippen LogP contribution in [0.25, 0.3) is 0 Å². The quantitative estimate of drug-likeness (QED) is 0.386. The molecule has 2 amide bonds. The van der Waals surface area contributed by atoms with E-state index in [1.54, 1.807) is 0 Å². The van der Waals surface area contributed by atoms with E-state index in [2.05, 4.69) is 5.32 Å². The van der Waals surface area contributed by atoms with Gasteiger partial charge in [0, 0.05) is 0 Å². The fourth-order valence-corrected chi connectivity index (χ4v) is 0.704. The fraction of sp³-hybridized carbons (Fsp3) is 0.571. The minimum atomic E-state index is -1.32. The van der Waals surface area contributed by atoms with Gasteiger partial charge in [-0.15, -0.1) is 0 Å². The lowest BCUT2D eigenvalue weighted by Crippen LogP contribution is -2.48. The van der Waals surface area contributed by atoms with Crippen molar-refractivity contribution in [2.75, 3.05) is 0 Å². The predicted octanol–water partition coefficient (Wildman–Crippen LogP) is -3.05. The lowest BCUT2D eigenvalue weighted by molar-refractivity contribution is -0.143. The lowest BCUT2D eigenvalue weighted by atomic mass is 10.2. The van der Waals surface area contributed by atoms with Crippen molar-refractivity contribution in [3.05, 3.63) is 0 Å². The molecule has 0 saturated heterocycles. The van der Waals surface area contributed by atoms with Crippen LogP contribution in [0, 0.1) is 0 Å². The highest BCUT2D eigenvalue weighted by Gasteiger charge is 2.23. The number of carboxylic acid groups (broad SMARTS) is 1. The molecule has 2 atom stereocenters. The minimum Gasteiger partial charge on any atom is -0.480 e. The average Bonchev–Trinajstić information content (AvgIpc) is 2.01. The molecule has 0 aliphatic heterocycles. The Morgan fingerprint density at radius 1 is 1.40 bits per heavy atom. The molecule has 0 spiro atoms. The van der Waals surface area contributed by atoms with Gasteiger partial charge in [-0.3, -0.25) is 9.59 Å². The van der Waals surface area contributed by atoms with Gasteiger partial charge in [0.15, 0.2) is 0 Å². The summed E-state index contributed by atoms with van der Waals surface area (Å²) in [4.78, 5) is 32.0. The summed E-state index contributed by atoms with van der Waals surface area (Å²) in [5.41, 5.74) is 9.99. The number of nitrogens with one attached hydrogen (secondary N) is 1. The van der Waals surface area contributed by atoms with Crippen LogP contribution in [0.4, 0.5) is 0 Å². The van der Waals surface area contributed by atoms with Crippen LogP contribution in [0.5, 0.6) is 0 Å². The van der Waals surface area contributed by atoms with E-state index in [4.69, 9.17) is 16.6 Å². The maximum Gasteiger partial charge on any atom is 0.326 e. The van der Waals surface area contributed by atoms with Crippen LogP contribution in [-0.2, 0) is 14.4 Å². The number of amides is 2. The van der Waals surface area contributed by atoms with Gasteiger partial charge in [0.05, 0.1) is 12.5 Å². The third kappa shape index (κ3) is 6.41. The first kappa shape index (κ1) is 15.8. The topological polar surface area (TPSA) is 167 Å². The second-order valence-corrected chi connectivity index (χ2v) is 2.86. The van der Waals surface area contributed by atoms with Crippen LogP contribution in [0.3, 0.4) is 0 Å². The Labute approximate surface area is 85.9 Å². The third-order valence-corrected chi connectivity index (χ3v) is 1.43. The molecule has 0 aromatic carbocycles. The average molecular weight is 221 g/mol. The molecule has 0 aliphatic rings. The molecule has 0 bridgehead atoms. The Kier molecular flexibility index (Phi) is 7.09. The number of hydrogen-bond acceptors (Lipinski definition) is 4. The van der Waals surface area contributed by atoms with Crippen LogP contribution in [-0.4, -0.2) is 40.5 Å². The van der Waals surface area contributed by atoms with E-state index in [1.165, 1.54) is 6.92 Å². The van der Waals surface area contributed by atoms with Gasteiger partial charge in [0.2, 0.25) is 11.8 Å². The standard InChI is InChI=1S/C7H13N3O4.H2O/c1-3(8)6(12)10-4(7(13)14)2-5(9)11;/h3-4H,2,8H2,1H3,(H2,9,11)(H,10,12)(H,13,14);1H2/t3-,4-;/m0./s1. The molecule has 0 aliphatic carbocycles. The molecule has 0 radical (unpaired) electrons. The highest BCUT2D eigenvalue weighted by atomic mass is 16.4. The summed E-state index contributed by atoms with van der Waals surface area (Å²) in [6.45, 7) is 1.40. The molecule has 8 nitrogen and oxygen atoms in total. The number of carbonyl (C=O) groups is 3. The van der Waals surface area contributed by atoms with Crippen molar-refractivity contribution >= 4 is 17.8 Å². The Balaban J connectivity index is 0. The molecule has 8 N–H and O–H groups in total. The van der Waals surface area contributed by atoms with Crippen molar-refractivity contribution in [1.29, 1.82) is 0 Å². The van der Waals surface area contributed by atoms with Crippen LogP contribution in [0.1, 0.15) is 13.3 Å². The van der Waals surface area contributed by atoms with E-state index in [9.17, 15) is 14.4 Å². The number of primary amides is 1. The van der Waals surface area contributed by atoms with Crippen LogP contribution < -0.4 is 16.8 Å². The zero-order valence-corrected chi connectivity index (χ0v) is 8.19. The van der Waals surface area contributed by atoms with Crippen molar-refractivity contribution < 1.29 is 25.0 Å². The smallest absolute Gasteiger partial charge is 0.326 e. The van der Waals surface area contributed by atoms with E-state index in [0.717, 1.165) is 0 Å². The first-order valence-corrected chi connectivity index (χ1v) is 3.91. The summed E-state index contributed by atoms with van der Waals surface area (Å²) in [6, 6.07) is -2.14. The molecule has 0 heterocycles. The Morgan fingerprint density at radius 2 is 1.87 bits per heavy atom. The van der Waals surface area contributed by atoms with E-state index >= 15 is 0 Å². The summed E-state index contributed by atoms with van der Waals surface area (Å²) in [5, 5.41) is 10.7. The molecule has 0 saturated carbocycles. The summed E-state index contributed by atoms with van der Waals surface area (Å²) < 4.78 is 0. The number of nitrogens with two attached hydrogens (primary N) is 2. The van der Waals surface area contributed by atoms with Crippen molar-refractivity contribution in [2.45, 2.75) is 25.4 Å². The zero-order chi connectivity index (χ0) is 11.3. The Bertz CT molecular complexity index is 253. The van der Waals surface area contributed by atoms with Gasteiger partial charge < -0.3 is 27.4 Å².